The first kappa shape index (κ1) is 27.0. The highest BCUT2D eigenvalue weighted by molar-refractivity contribution is 7.90. The zero-order chi connectivity index (χ0) is 25.6. The fourth-order valence-corrected chi connectivity index (χ4v) is 5.92. The number of carbonyl (C=O) groups excluding carboxylic acids is 1. The van der Waals surface area contributed by atoms with Crippen molar-refractivity contribution in [3.8, 4) is 0 Å². The number of sulfone groups is 1. The third-order valence-corrected chi connectivity index (χ3v) is 7.65. The SMILES string of the molecule is CCCNC(=O)NC(Cc1cc(F)cc(F)c1)C(O)CNC1CS(=O)(=O)Cc2ccc(CC)cc21. The van der Waals surface area contributed by atoms with Crippen molar-refractivity contribution in [2.45, 2.75) is 57.1 Å². The number of hydrogen-bond donors (Lipinski definition) is 4. The molecule has 1 heterocycles. The number of aryl methyl sites for hydroxylation is 1. The Hall–Kier alpha value is -2.56. The molecule has 10 heteroatoms. The molecule has 3 atom stereocenters. The normalized spacial score (nSPS) is 18.4. The summed E-state index contributed by atoms with van der Waals surface area (Å²) in [5, 5.41) is 19.4. The number of urea groups is 1. The first-order chi connectivity index (χ1) is 16.6. The largest absolute Gasteiger partial charge is 0.390 e. The molecule has 0 saturated carbocycles. The maximum atomic E-state index is 13.7. The van der Waals surface area contributed by atoms with E-state index in [1.807, 2.05) is 32.0 Å². The Labute approximate surface area is 205 Å². The lowest BCUT2D eigenvalue weighted by molar-refractivity contribution is 0.124. The van der Waals surface area contributed by atoms with Crippen LogP contribution in [0.1, 0.15) is 48.6 Å². The highest BCUT2D eigenvalue weighted by Gasteiger charge is 2.31. The molecule has 0 aromatic heterocycles. The fraction of sp³-hybridized carbons (Fsp3) is 0.480. The summed E-state index contributed by atoms with van der Waals surface area (Å²) in [6, 6.07) is 6.88. The van der Waals surface area contributed by atoms with Gasteiger partial charge in [-0.1, -0.05) is 32.0 Å². The van der Waals surface area contributed by atoms with Crippen molar-refractivity contribution in [3.63, 3.8) is 0 Å². The van der Waals surface area contributed by atoms with Crippen LogP contribution in [0.2, 0.25) is 0 Å². The minimum absolute atomic E-state index is 0.0173. The lowest BCUT2D eigenvalue weighted by Gasteiger charge is -2.30. The van der Waals surface area contributed by atoms with Gasteiger partial charge in [-0.2, -0.15) is 0 Å². The van der Waals surface area contributed by atoms with E-state index in [0.717, 1.165) is 41.3 Å². The first-order valence-electron chi connectivity index (χ1n) is 11.8. The van der Waals surface area contributed by atoms with E-state index in [1.165, 1.54) is 0 Å². The first-order valence-corrected chi connectivity index (χ1v) is 13.6. The van der Waals surface area contributed by atoms with Gasteiger partial charge in [0.2, 0.25) is 0 Å². The number of fused-ring (bicyclic) bond motifs is 1. The van der Waals surface area contributed by atoms with Crippen LogP contribution in [-0.2, 0) is 28.4 Å². The highest BCUT2D eigenvalue weighted by atomic mass is 32.2. The second-order valence-corrected chi connectivity index (χ2v) is 11.1. The average molecular weight is 510 g/mol. The molecule has 2 aromatic rings. The van der Waals surface area contributed by atoms with E-state index in [4.69, 9.17) is 0 Å². The van der Waals surface area contributed by atoms with Crippen molar-refractivity contribution in [2.75, 3.05) is 18.8 Å². The molecular weight excluding hydrogens is 476 g/mol. The topological polar surface area (TPSA) is 108 Å². The van der Waals surface area contributed by atoms with Gasteiger partial charge in [0.05, 0.1) is 23.7 Å². The molecule has 192 valence electrons. The molecule has 4 N–H and O–H groups in total. The summed E-state index contributed by atoms with van der Waals surface area (Å²) in [6.45, 7) is 4.30. The Kier molecular flexibility index (Phi) is 9.21. The van der Waals surface area contributed by atoms with Crippen molar-refractivity contribution < 1.29 is 27.1 Å². The Balaban J connectivity index is 1.77. The molecule has 0 spiro atoms. The van der Waals surface area contributed by atoms with E-state index in [0.29, 0.717) is 13.0 Å². The molecule has 1 aliphatic rings. The molecule has 7 nitrogen and oxygen atoms in total. The summed E-state index contributed by atoms with van der Waals surface area (Å²) in [5.74, 6) is -1.64. The van der Waals surface area contributed by atoms with Crippen molar-refractivity contribution >= 4 is 15.9 Å². The summed E-state index contributed by atoms with van der Waals surface area (Å²) < 4.78 is 52.3. The van der Waals surface area contributed by atoms with Crippen LogP contribution in [-0.4, -0.2) is 50.5 Å². The summed E-state index contributed by atoms with van der Waals surface area (Å²) in [5.41, 5.74) is 2.96. The Morgan fingerprint density at radius 1 is 1.11 bits per heavy atom. The highest BCUT2D eigenvalue weighted by Crippen LogP contribution is 2.29. The molecule has 2 aromatic carbocycles. The van der Waals surface area contributed by atoms with Crippen molar-refractivity contribution in [1.82, 2.24) is 16.0 Å². The van der Waals surface area contributed by atoms with Crippen LogP contribution in [0.4, 0.5) is 13.6 Å². The van der Waals surface area contributed by atoms with Gasteiger partial charge in [0.15, 0.2) is 9.84 Å². The number of hydrogen-bond acceptors (Lipinski definition) is 5. The number of aliphatic hydroxyl groups is 1. The lowest BCUT2D eigenvalue weighted by Crippen LogP contribution is -2.52. The van der Waals surface area contributed by atoms with E-state index in [9.17, 15) is 27.1 Å². The number of nitrogens with one attached hydrogen (secondary N) is 3. The molecule has 1 aliphatic heterocycles. The van der Waals surface area contributed by atoms with Crippen LogP contribution in [0.3, 0.4) is 0 Å². The monoisotopic (exact) mass is 509 g/mol. The van der Waals surface area contributed by atoms with E-state index < -0.39 is 45.7 Å². The standard InChI is InChI=1S/C25H33F2N3O4S/c1-3-7-28-25(32)30-22(11-17-8-19(26)12-20(27)9-17)24(31)13-29-23-15-35(33,34)14-18-6-5-16(4-2)10-21(18)23/h5-6,8-10,12,22-24,29,31H,3-4,7,11,13-15H2,1-2H3,(H2,28,30,32). The van der Waals surface area contributed by atoms with Gasteiger partial charge in [0.1, 0.15) is 11.6 Å². The van der Waals surface area contributed by atoms with Gasteiger partial charge < -0.3 is 21.1 Å². The van der Waals surface area contributed by atoms with Crippen LogP contribution in [0.5, 0.6) is 0 Å². The minimum atomic E-state index is -3.33. The maximum absolute atomic E-state index is 13.7. The van der Waals surface area contributed by atoms with E-state index in [2.05, 4.69) is 16.0 Å². The predicted octanol–water partition coefficient (Wildman–Crippen LogP) is 2.77. The smallest absolute Gasteiger partial charge is 0.315 e. The fourth-order valence-electron chi connectivity index (χ4n) is 4.26. The molecule has 0 fully saturated rings. The Morgan fingerprint density at radius 3 is 2.49 bits per heavy atom. The summed E-state index contributed by atoms with van der Waals surface area (Å²) in [4.78, 5) is 12.3. The Bertz CT molecular complexity index is 1120. The molecular formula is C25H33F2N3O4S. The third kappa shape index (κ3) is 7.71. The number of benzene rings is 2. The van der Waals surface area contributed by atoms with Crippen LogP contribution in [0.25, 0.3) is 0 Å². The molecule has 35 heavy (non-hydrogen) atoms. The molecule has 0 saturated heterocycles. The van der Waals surface area contributed by atoms with E-state index in [-0.39, 0.29) is 30.0 Å². The number of rotatable bonds is 10. The molecule has 0 aliphatic carbocycles. The number of carbonyl (C=O) groups is 1. The Morgan fingerprint density at radius 2 is 1.83 bits per heavy atom. The number of aliphatic hydroxyl groups excluding tert-OH is 1. The predicted molar refractivity (Wildman–Crippen MR) is 131 cm³/mol. The molecule has 2 amide bonds. The molecule has 0 bridgehead atoms. The number of amides is 2. The van der Waals surface area contributed by atoms with Gasteiger partial charge in [-0.15, -0.1) is 0 Å². The average Bonchev–Trinajstić information content (AvgIpc) is 2.79. The minimum Gasteiger partial charge on any atom is -0.390 e. The van der Waals surface area contributed by atoms with Crippen LogP contribution >= 0.6 is 0 Å². The summed E-state index contributed by atoms with van der Waals surface area (Å²) in [6.07, 6.45) is 0.345. The van der Waals surface area contributed by atoms with Crippen LogP contribution in [0.15, 0.2) is 36.4 Å². The summed E-state index contributed by atoms with van der Waals surface area (Å²) >= 11 is 0. The summed E-state index contributed by atoms with van der Waals surface area (Å²) in [7, 11) is -3.33. The third-order valence-electron chi connectivity index (χ3n) is 6.06. The van der Waals surface area contributed by atoms with Crippen molar-refractivity contribution in [3.05, 3.63) is 70.3 Å². The van der Waals surface area contributed by atoms with Gasteiger partial charge in [-0.25, -0.2) is 22.0 Å². The lowest BCUT2D eigenvalue weighted by atomic mass is 9.97. The quantitative estimate of drug-likeness (QED) is 0.394. The maximum Gasteiger partial charge on any atom is 0.315 e. The van der Waals surface area contributed by atoms with Gasteiger partial charge in [0, 0.05) is 25.2 Å². The number of halogens is 2. The van der Waals surface area contributed by atoms with Crippen LogP contribution in [0, 0.1) is 11.6 Å². The second-order valence-electron chi connectivity index (χ2n) is 8.96. The van der Waals surface area contributed by atoms with Gasteiger partial charge in [0.25, 0.3) is 0 Å². The van der Waals surface area contributed by atoms with Crippen LogP contribution < -0.4 is 16.0 Å². The van der Waals surface area contributed by atoms with Gasteiger partial charge in [-0.05, 0) is 53.6 Å². The molecule has 0 radical (unpaired) electrons. The van der Waals surface area contributed by atoms with Crippen molar-refractivity contribution in [1.29, 1.82) is 0 Å². The zero-order valence-corrected chi connectivity index (χ0v) is 20.8. The van der Waals surface area contributed by atoms with Gasteiger partial charge in [-0.3, -0.25) is 0 Å². The molecule has 3 unspecified atom stereocenters. The second kappa shape index (κ2) is 11.9. The van der Waals surface area contributed by atoms with Crippen molar-refractivity contribution in [2.24, 2.45) is 0 Å². The van der Waals surface area contributed by atoms with Gasteiger partial charge >= 0.3 is 6.03 Å². The van der Waals surface area contributed by atoms with E-state index in [1.54, 1.807) is 0 Å². The molecule has 3 rings (SSSR count). The van der Waals surface area contributed by atoms with E-state index >= 15 is 0 Å². The zero-order valence-electron chi connectivity index (χ0n) is 20.0.